The number of ether oxygens (including phenoxy) is 2. The maximum absolute atomic E-state index is 11.0. The molecule has 0 saturated heterocycles. The average Bonchev–Trinajstić information content (AvgIpc) is 2.55. The second-order valence-corrected chi connectivity index (χ2v) is 4.82. The van der Waals surface area contributed by atoms with Crippen LogP contribution in [0.25, 0.3) is 0 Å². The fourth-order valence-corrected chi connectivity index (χ4v) is 1.70. The van der Waals surface area contributed by atoms with Crippen LogP contribution in [-0.2, 0) is 27.5 Å². The molecule has 0 saturated carbocycles. The summed E-state index contributed by atoms with van der Waals surface area (Å²) in [5.41, 5.74) is 1.92. The van der Waals surface area contributed by atoms with Gasteiger partial charge < -0.3 is 20.1 Å². The fourth-order valence-electron chi connectivity index (χ4n) is 1.70. The van der Waals surface area contributed by atoms with Gasteiger partial charge >= 0.3 is 0 Å². The summed E-state index contributed by atoms with van der Waals surface area (Å²) >= 11 is 0. The third kappa shape index (κ3) is 8.71. The second-order valence-electron chi connectivity index (χ2n) is 4.82. The van der Waals surface area contributed by atoms with Crippen molar-refractivity contribution >= 4 is 5.91 Å². The standard InChI is InChI=1S/C16H27N3O3.2H2/c1-3-16(20)18-8-10-22-13-15-6-5-14(11-19-15)12-21-9-7-17-4-2;;/h5-6,11,17H,3-4,7-10,12-13H2,1-2H3,(H,18,20);2*1H. The normalized spacial score (nSPS) is 10.6. The molecule has 0 aliphatic carbocycles. The number of carbonyl (C=O) groups excluding carboxylic acids is 1. The van der Waals surface area contributed by atoms with Gasteiger partial charge in [-0.05, 0) is 18.2 Å². The van der Waals surface area contributed by atoms with Gasteiger partial charge in [-0.25, -0.2) is 0 Å². The van der Waals surface area contributed by atoms with Crippen LogP contribution in [0, 0.1) is 0 Å². The highest BCUT2D eigenvalue weighted by Crippen LogP contribution is 2.03. The Hall–Kier alpha value is -1.50. The van der Waals surface area contributed by atoms with E-state index in [1.54, 1.807) is 0 Å². The van der Waals surface area contributed by atoms with E-state index in [1.165, 1.54) is 0 Å². The Balaban J connectivity index is 0. The molecule has 1 aromatic rings. The summed E-state index contributed by atoms with van der Waals surface area (Å²) in [6.45, 7) is 8.46. The summed E-state index contributed by atoms with van der Waals surface area (Å²) in [5, 5.41) is 5.96. The number of aromatic nitrogens is 1. The number of pyridine rings is 1. The molecule has 0 aromatic carbocycles. The summed E-state index contributed by atoms with van der Waals surface area (Å²) in [6, 6.07) is 3.94. The Morgan fingerprint density at radius 1 is 1.18 bits per heavy atom. The Labute approximate surface area is 135 Å². The molecule has 0 atom stereocenters. The number of rotatable bonds is 12. The number of hydrogen-bond acceptors (Lipinski definition) is 5. The summed E-state index contributed by atoms with van der Waals surface area (Å²) in [5.74, 6) is 0.0419. The predicted molar refractivity (Wildman–Crippen MR) is 89.6 cm³/mol. The molecular formula is C16H31N3O3. The van der Waals surface area contributed by atoms with E-state index in [2.05, 4.69) is 22.5 Å². The second kappa shape index (κ2) is 12.1. The summed E-state index contributed by atoms with van der Waals surface area (Å²) in [4.78, 5) is 15.4. The molecule has 1 aromatic heterocycles. The van der Waals surface area contributed by atoms with E-state index in [-0.39, 0.29) is 8.76 Å². The van der Waals surface area contributed by atoms with Gasteiger partial charge in [0.25, 0.3) is 0 Å². The minimum Gasteiger partial charge on any atom is -0.375 e. The number of amides is 1. The highest BCUT2D eigenvalue weighted by Gasteiger charge is 1.99. The van der Waals surface area contributed by atoms with E-state index >= 15 is 0 Å². The van der Waals surface area contributed by atoms with E-state index in [0.717, 1.165) is 24.3 Å². The molecule has 22 heavy (non-hydrogen) atoms. The van der Waals surface area contributed by atoms with Crippen molar-refractivity contribution in [2.75, 3.05) is 32.8 Å². The lowest BCUT2D eigenvalue weighted by atomic mass is 10.2. The van der Waals surface area contributed by atoms with Crippen LogP contribution in [0.4, 0.5) is 0 Å². The zero-order chi connectivity index (χ0) is 16.0. The van der Waals surface area contributed by atoms with Crippen LogP contribution in [0.2, 0.25) is 0 Å². The minimum atomic E-state index is 0. The molecule has 0 aliphatic heterocycles. The molecule has 0 aliphatic rings. The van der Waals surface area contributed by atoms with Gasteiger partial charge in [0.15, 0.2) is 0 Å². The van der Waals surface area contributed by atoms with E-state index in [9.17, 15) is 4.79 Å². The average molecular weight is 313 g/mol. The zero-order valence-electron chi connectivity index (χ0n) is 13.6. The molecule has 0 bridgehead atoms. The Morgan fingerprint density at radius 2 is 1.95 bits per heavy atom. The van der Waals surface area contributed by atoms with Gasteiger partial charge in [-0.3, -0.25) is 9.78 Å². The first-order valence-corrected chi connectivity index (χ1v) is 7.83. The first kappa shape index (κ1) is 18.5. The van der Waals surface area contributed by atoms with Gasteiger partial charge in [-0.2, -0.15) is 0 Å². The Morgan fingerprint density at radius 3 is 2.64 bits per heavy atom. The number of hydrogen-bond donors (Lipinski definition) is 2. The van der Waals surface area contributed by atoms with Gasteiger partial charge in [-0.1, -0.05) is 19.9 Å². The van der Waals surface area contributed by atoms with Gasteiger partial charge in [0.05, 0.1) is 32.1 Å². The molecule has 6 nitrogen and oxygen atoms in total. The van der Waals surface area contributed by atoms with Gasteiger partial charge in [0.2, 0.25) is 5.91 Å². The van der Waals surface area contributed by atoms with Crippen LogP contribution < -0.4 is 10.6 Å². The molecule has 6 heteroatoms. The highest BCUT2D eigenvalue weighted by molar-refractivity contribution is 5.75. The van der Waals surface area contributed by atoms with Gasteiger partial charge in [-0.15, -0.1) is 0 Å². The molecule has 1 amide bonds. The van der Waals surface area contributed by atoms with Crippen molar-refractivity contribution in [2.45, 2.75) is 33.5 Å². The van der Waals surface area contributed by atoms with E-state index < -0.39 is 0 Å². The lowest BCUT2D eigenvalue weighted by molar-refractivity contribution is -0.121. The number of carbonyl (C=O) groups is 1. The molecule has 128 valence electrons. The smallest absolute Gasteiger partial charge is 0.219 e. The van der Waals surface area contributed by atoms with Crippen molar-refractivity contribution in [3.05, 3.63) is 29.6 Å². The van der Waals surface area contributed by atoms with Gasteiger partial charge in [0, 0.05) is 28.6 Å². The monoisotopic (exact) mass is 313 g/mol. The van der Waals surface area contributed by atoms with E-state index in [1.807, 2.05) is 25.3 Å². The SMILES string of the molecule is CCNCCOCc1ccc(COCCNC(=O)CC)nc1.[HH].[HH]. The van der Waals surface area contributed by atoms with Crippen molar-refractivity contribution in [3.63, 3.8) is 0 Å². The fraction of sp³-hybridized carbons (Fsp3) is 0.625. The highest BCUT2D eigenvalue weighted by atomic mass is 16.5. The van der Waals surface area contributed by atoms with Crippen molar-refractivity contribution in [2.24, 2.45) is 0 Å². The Kier molecular flexibility index (Phi) is 10.2. The van der Waals surface area contributed by atoms with Crippen LogP contribution in [0.15, 0.2) is 18.3 Å². The zero-order valence-corrected chi connectivity index (χ0v) is 13.6. The molecule has 1 rings (SSSR count). The number of nitrogens with zero attached hydrogens (tertiary/aromatic N) is 1. The first-order valence-electron chi connectivity index (χ1n) is 7.83. The molecule has 0 radical (unpaired) electrons. The molecule has 1 heterocycles. The maximum Gasteiger partial charge on any atom is 0.219 e. The molecule has 0 spiro atoms. The molecular weight excluding hydrogens is 282 g/mol. The predicted octanol–water partition coefficient (Wildman–Crippen LogP) is 1.74. The molecule has 2 N–H and O–H groups in total. The third-order valence-electron chi connectivity index (χ3n) is 2.97. The van der Waals surface area contributed by atoms with Crippen LogP contribution in [-0.4, -0.2) is 43.7 Å². The summed E-state index contributed by atoms with van der Waals surface area (Å²) < 4.78 is 11.0. The largest absolute Gasteiger partial charge is 0.375 e. The molecule has 0 fully saturated rings. The van der Waals surface area contributed by atoms with Crippen molar-refractivity contribution < 1.29 is 17.1 Å². The lowest BCUT2D eigenvalue weighted by Crippen LogP contribution is -2.26. The third-order valence-corrected chi connectivity index (χ3v) is 2.97. The van der Waals surface area contributed by atoms with Crippen LogP contribution in [0.3, 0.4) is 0 Å². The lowest BCUT2D eigenvalue weighted by Gasteiger charge is -2.07. The number of nitrogens with one attached hydrogen (secondary N) is 2. The van der Waals surface area contributed by atoms with Crippen molar-refractivity contribution in [1.29, 1.82) is 0 Å². The Bertz CT molecular complexity index is 420. The topological polar surface area (TPSA) is 72.5 Å². The van der Waals surface area contributed by atoms with Crippen LogP contribution in [0.5, 0.6) is 0 Å². The van der Waals surface area contributed by atoms with Crippen molar-refractivity contribution in [1.82, 2.24) is 15.6 Å². The summed E-state index contributed by atoms with van der Waals surface area (Å²) in [6.07, 6.45) is 2.31. The molecule has 0 unspecified atom stereocenters. The van der Waals surface area contributed by atoms with Gasteiger partial charge in [0.1, 0.15) is 0 Å². The summed E-state index contributed by atoms with van der Waals surface area (Å²) in [7, 11) is 0. The quantitative estimate of drug-likeness (QED) is 0.575. The van der Waals surface area contributed by atoms with E-state index in [4.69, 9.17) is 9.47 Å². The van der Waals surface area contributed by atoms with Crippen molar-refractivity contribution in [3.8, 4) is 0 Å². The van der Waals surface area contributed by atoms with Crippen LogP contribution in [0.1, 0.15) is 34.4 Å². The van der Waals surface area contributed by atoms with E-state index in [0.29, 0.717) is 39.4 Å². The minimum absolute atomic E-state index is 0. The number of likely N-dealkylation sites (N-methyl/N-ethyl adjacent to an activating group) is 1. The maximum atomic E-state index is 11.0. The first-order chi connectivity index (χ1) is 10.8. The van der Waals surface area contributed by atoms with Crippen LogP contribution >= 0.6 is 0 Å².